The Morgan fingerprint density at radius 2 is 1.83 bits per heavy atom. The molecule has 1 N–H and O–H groups in total. The number of likely N-dealkylation sites (N-methyl/N-ethyl adjacent to an activating group) is 1. The lowest BCUT2D eigenvalue weighted by Crippen LogP contribution is -2.44. The van der Waals surface area contributed by atoms with Crippen LogP contribution >= 0.6 is 0 Å². The molecule has 3 amide bonds. The monoisotopic (exact) mass is 403 g/mol. The number of hydrogen-bond donors (Lipinski definition) is 1. The van der Waals surface area contributed by atoms with Crippen LogP contribution in [-0.2, 0) is 9.59 Å². The Bertz CT molecular complexity index is 701. The van der Waals surface area contributed by atoms with Crippen LogP contribution in [0.25, 0.3) is 0 Å². The highest BCUT2D eigenvalue weighted by atomic mass is 16.5. The van der Waals surface area contributed by atoms with E-state index in [-0.39, 0.29) is 36.1 Å². The molecule has 1 saturated heterocycles. The van der Waals surface area contributed by atoms with Gasteiger partial charge in [0, 0.05) is 50.6 Å². The zero-order chi connectivity index (χ0) is 21.4. The number of benzene rings is 1. The number of rotatable bonds is 6. The summed E-state index contributed by atoms with van der Waals surface area (Å²) in [5.74, 6) is 0.228. The SMILES string of the molecule is CCN(CC)C(=O)C1CCCC(NC(=O)c2ccc(OC)cc2)CN(C)C(=O)C1. The lowest BCUT2D eigenvalue weighted by Gasteiger charge is -2.26. The number of methoxy groups -OCH3 is 1. The van der Waals surface area contributed by atoms with Crippen LogP contribution < -0.4 is 10.1 Å². The molecule has 2 atom stereocenters. The van der Waals surface area contributed by atoms with Crippen LogP contribution in [0.1, 0.15) is 49.9 Å². The van der Waals surface area contributed by atoms with Gasteiger partial charge in [0.25, 0.3) is 5.91 Å². The minimum Gasteiger partial charge on any atom is -0.497 e. The maximum Gasteiger partial charge on any atom is 0.251 e. The molecule has 7 nitrogen and oxygen atoms in total. The lowest BCUT2D eigenvalue weighted by atomic mass is 9.95. The third-order valence-electron chi connectivity index (χ3n) is 5.56. The fourth-order valence-electron chi connectivity index (χ4n) is 3.74. The molecule has 1 aliphatic rings. The van der Waals surface area contributed by atoms with Crippen molar-refractivity contribution < 1.29 is 19.1 Å². The molecule has 29 heavy (non-hydrogen) atoms. The average Bonchev–Trinajstić information content (AvgIpc) is 2.79. The summed E-state index contributed by atoms with van der Waals surface area (Å²) in [6.45, 7) is 5.64. The van der Waals surface area contributed by atoms with Crippen LogP contribution in [0.5, 0.6) is 5.75 Å². The van der Waals surface area contributed by atoms with Gasteiger partial charge in [0.1, 0.15) is 5.75 Å². The Morgan fingerprint density at radius 1 is 1.17 bits per heavy atom. The zero-order valence-electron chi connectivity index (χ0n) is 17.9. The smallest absolute Gasteiger partial charge is 0.251 e. The van der Waals surface area contributed by atoms with Crippen molar-refractivity contribution in [3.63, 3.8) is 0 Å². The van der Waals surface area contributed by atoms with E-state index in [0.29, 0.717) is 37.4 Å². The Kier molecular flexibility index (Phi) is 8.49. The Balaban J connectivity index is 2.04. The average molecular weight is 404 g/mol. The zero-order valence-corrected chi connectivity index (χ0v) is 17.9. The summed E-state index contributed by atoms with van der Waals surface area (Å²) in [7, 11) is 3.32. The van der Waals surface area contributed by atoms with Crippen LogP contribution in [0.4, 0.5) is 0 Å². The molecular weight excluding hydrogens is 370 g/mol. The molecule has 1 aliphatic heterocycles. The van der Waals surface area contributed by atoms with Gasteiger partial charge in [0.05, 0.1) is 7.11 Å². The molecule has 1 aromatic rings. The van der Waals surface area contributed by atoms with Gasteiger partial charge in [0.2, 0.25) is 11.8 Å². The van der Waals surface area contributed by atoms with Gasteiger partial charge in [-0.1, -0.05) is 6.42 Å². The maximum absolute atomic E-state index is 12.8. The molecule has 2 unspecified atom stereocenters. The second-order valence-corrected chi connectivity index (χ2v) is 7.52. The summed E-state index contributed by atoms with van der Waals surface area (Å²) in [5.41, 5.74) is 0.550. The van der Waals surface area contributed by atoms with Gasteiger partial charge in [0.15, 0.2) is 0 Å². The van der Waals surface area contributed by atoms with Gasteiger partial charge in [-0.3, -0.25) is 14.4 Å². The van der Waals surface area contributed by atoms with Crippen LogP contribution in [0.15, 0.2) is 24.3 Å². The van der Waals surface area contributed by atoms with E-state index in [1.54, 1.807) is 48.2 Å². The number of carbonyl (C=O) groups is 3. The molecule has 0 saturated carbocycles. The quantitative estimate of drug-likeness (QED) is 0.791. The molecule has 1 aromatic carbocycles. The minimum atomic E-state index is -0.291. The predicted molar refractivity (Wildman–Crippen MR) is 112 cm³/mol. The van der Waals surface area contributed by atoms with Crippen molar-refractivity contribution in [2.45, 2.75) is 45.6 Å². The molecule has 0 spiro atoms. The molecule has 0 radical (unpaired) electrons. The topological polar surface area (TPSA) is 79.0 Å². The Morgan fingerprint density at radius 3 is 2.41 bits per heavy atom. The van der Waals surface area contributed by atoms with E-state index in [2.05, 4.69) is 5.32 Å². The number of nitrogens with zero attached hydrogens (tertiary/aromatic N) is 2. The van der Waals surface area contributed by atoms with Gasteiger partial charge >= 0.3 is 0 Å². The van der Waals surface area contributed by atoms with E-state index in [1.807, 2.05) is 13.8 Å². The number of amides is 3. The lowest BCUT2D eigenvalue weighted by molar-refractivity contribution is -0.140. The first kappa shape index (κ1) is 22.7. The highest BCUT2D eigenvalue weighted by Crippen LogP contribution is 2.21. The molecule has 0 aliphatic carbocycles. The normalized spacial score (nSPS) is 20.3. The van der Waals surface area contributed by atoms with E-state index in [9.17, 15) is 14.4 Å². The molecule has 160 valence electrons. The van der Waals surface area contributed by atoms with Crippen LogP contribution in [0, 0.1) is 5.92 Å². The van der Waals surface area contributed by atoms with Crippen molar-refractivity contribution >= 4 is 17.7 Å². The molecule has 2 rings (SSSR count). The second kappa shape index (κ2) is 10.8. The fourth-order valence-corrected chi connectivity index (χ4v) is 3.74. The predicted octanol–water partition coefficient (Wildman–Crippen LogP) is 2.31. The third kappa shape index (κ3) is 6.21. The second-order valence-electron chi connectivity index (χ2n) is 7.52. The van der Waals surface area contributed by atoms with Crippen molar-refractivity contribution in [3.8, 4) is 5.75 Å². The standard InChI is InChI=1S/C22H33N3O4/c1-5-25(6-2)22(28)17-8-7-9-18(15-24(3)20(26)14-17)23-21(27)16-10-12-19(29-4)13-11-16/h10-13,17-18H,5-9,14-15H2,1-4H3,(H,23,27). The van der Waals surface area contributed by atoms with Crippen molar-refractivity contribution in [2.24, 2.45) is 5.92 Å². The van der Waals surface area contributed by atoms with Crippen LogP contribution in [0.3, 0.4) is 0 Å². The fraction of sp³-hybridized carbons (Fsp3) is 0.591. The van der Waals surface area contributed by atoms with Crippen LogP contribution in [-0.4, -0.2) is 67.4 Å². The Labute approximate surface area is 173 Å². The number of hydrogen-bond acceptors (Lipinski definition) is 4. The van der Waals surface area contributed by atoms with Gasteiger partial charge in [-0.25, -0.2) is 0 Å². The summed E-state index contributed by atoms with van der Waals surface area (Å²) in [4.78, 5) is 41.4. The molecule has 0 bridgehead atoms. The first-order valence-electron chi connectivity index (χ1n) is 10.4. The summed E-state index contributed by atoms with van der Waals surface area (Å²) >= 11 is 0. The number of carbonyl (C=O) groups excluding carboxylic acids is 3. The van der Waals surface area contributed by atoms with E-state index in [1.165, 1.54) is 0 Å². The van der Waals surface area contributed by atoms with Crippen molar-refractivity contribution in [3.05, 3.63) is 29.8 Å². The first-order valence-corrected chi connectivity index (χ1v) is 10.4. The van der Waals surface area contributed by atoms with Crippen molar-refractivity contribution in [2.75, 3.05) is 33.8 Å². The van der Waals surface area contributed by atoms with Gasteiger partial charge < -0.3 is 19.9 Å². The largest absolute Gasteiger partial charge is 0.497 e. The first-order chi connectivity index (χ1) is 13.9. The molecule has 1 fully saturated rings. The summed E-state index contributed by atoms with van der Waals surface area (Å²) < 4.78 is 5.12. The highest BCUT2D eigenvalue weighted by molar-refractivity contribution is 5.94. The van der Waals surface area contributed by atoms with E-state index >= 15 is 0 Å². The van der Waals surface area contributed by atoms with Crippen molar-refractivity contribution in [1.29, 1.82) is 0 Å². The maximum atomic E-state index is 12.8. The van der Waals surface area contributed by atoms with Gasteiger partial charge in [-0.2, -0.15) is 0 Å². The van der Waals surface area contributed by atoms with Crippen molar-refractivity contribution in [1.82, 2.24) is 15.1 Å². The summed E-state index contributed by atoms with van der Waals surface area (Å²) in [6.07, 6.45) is 2.39. The van der Waals surface area contributed by atoms with Gasteiger partial charge in [-0.15, -0.1) is 0 Å². The Hall–Kier alpha value is -2.57. The van der Waals surface area contributed by atoms with E-state index in [4.69, 9.17) is 4.74 Å². The van der Waals surface area contributed by atoms with E-state index < -0.39 is 0 Å². The summed E-state index contributed by atoms with van der Waals surface area (Å²) in [5, 5.41) is 3.04. The number of ether oxygens (including phenoxy) is 1. The molecular formula is C22H33N3O4. The summed E-state index contributed by atoms with van der Waals surface area (Å²) in [6, 6.07) is 6.78. The third-order valence-corrected chi connectivity index (χ3v) is 5.56. The molecule has 0 aromatic heterocycles. The van der Waals surface area contributed by atoms with Crippen LogP contribution in [0.2, 0.25) is 0 Å². The highest BCUT2D eigenvalue weighted by Gasteiger charge is 2.29. The van der Waals surface area contributed by atoms with Gasteiger partial charge in [-0.05, 0) is 51.0 Å². The number of nitrogens with one attached hydrogen (secondary N) is 1. The van der Waals surface area contributed by atoms with E-state index in [0.717, 1.165) is 12.8 Å². The minimum absolute atomic E-state index is 0.0532. The molecule has 1 heterocycles. The molecule has 7 heteroatoms.